The number of hydrogen-bond donors (Lipinski definition) is 0. The topological polar surface area (TPSA) is 55.7 Å². The minimum atomic E-state index is -3.00. The van der Waals surface area contributed by atoms with Gasteiger partial charge in [-0.3, -0.25) is 15.0 Å². The minimum absolute atomic E-state index is 0.686. The van der Waals surface area contributed by atoms with E-state index in [0.717, 1.165) is 11.4 Å². The fourth-order valence-electron chi connectivity index (χ4n) is 2.28. The van der Waals surface area contributed by atoms with Gasteiger partial charge in [-0.1, -0.05) is 0 Å². The average molecular weight is 309 g/mol. The van der Waals surface area contributed by atoms with Crippen molar-refractivity contribution in [1.82, 2.24) is 15.0 Å². The highest BCUT2D eigenvalue weighted by Crippen LogP contribution is 2.41. The van der Waals surface area contributed by atoms with Gasteiger partial charge in [0.25, 0.3) is 0 Å². The molecule has 5 heteroatoms. The molecule has 0 aromatic carbocycles. The van der Waals surface area contributed by atoms with Crippen LogP contribution in [0.25, 0.3) is 0 Å². The average Bonchev–Trinajstić information content (AvgIpc) is 2.56. The molecule has 0 unspecified atom stereocenters. The second kappa shape index (κ2) is 5.82. The maximum absolute atomic E-state index is 13.9. The predicted octanol–water partition coefficient (Wildman–Crippen LogP) is 2.13. The van der Waals surface area contributed by atoms with Gasteiger partial charge in [0.1, 0.15) is 0 Å². The van der Waals surface area contributed by atoms with Gasteiger partial charge < -0.3 is 4.57 Å². The number of pyridine rings is 3. The minimum Gasteiger partial charge on any atom is -0.308 e. The van der Waals surface area contributed by atoms with E-state index in [1.165, 1.54) is 0 Å². The van der Waals surface area contributed by atoms with Gasteiger partial charge in [0.15, 0.2) is 7.14 Å². The Labute approximate surface area is 129 Å². The molecule has 0 N–H and O–H groups in total. The van der Waals surface area contributed by atoms with Gasteiger partial charge in [-0.25, -0.2) is 0 Å². The summed E-state index contributed by atoms with van der Waals surface area (Å²) in [5.41, 5.74) is 1.78. The maximum Gasteiger partial charge on any atom is 0.175 e. The van der Waals surface area contributed by atoms with Crippen LogP contribution in [0.15, 0.2) is 61.2 Å². The van der Waals surface area contributed by atoms with Crippen molar-refractivity contribution in [2.45, 2.75) is 13.8 Å². The normalized spacial score (nSPS) is 11.4. The number of aryl methyl sites for hydroxylation is 2. The number of rotatable bonds is 3. The summed E-state index contributed by atoms with van der Waals surface area (Å²) in [5, 5.41) is 2.07. The highest BCUT2D eigenvalue weighted by Gasteiger charge is 2.30. The van der Waals surface area contributed by atoms with Gasteiger partial charge in [0, 0.05) is 52.1 Å². The lowest BCUT2D eigenvalue weighted by molar-refractivity contribution is 0.592. The molecule has 0 spiro atoms. The molecule has 0 fully saturated rings. The van der Waals surface area contributed by atoms with Crippen LogP contribution in [-0.4, -0.2) is 15.0 Å². The first kappa shape index (κ1) is 14.6. The Balaban J connectivity index is 2.25. The van der Waals surface area contributed by atoms with Crippen LogP contribution in [0.3, 0.4) is 0 Å². The molecule has 4 nitrogen and oxygen atoms in total. The Morgan fingerprint density at radius 1 is 0.773 bits per heavy atom. The molecule has 3 aromatic heterocycles. The molecular weight excluding hydrogens is 293 g/mol. The Morgan fingerprint density at radius 2 is 1.32 bits per heavy atom. The molecule has 0 aliphatic carbocycles. The summed E-state index contributed by atoms with van der Waals surface area (Å²) >= 11 is 0. The molecule has 3 heterocycles. The molecule has 0 bridgehead atoms. The van der Waals surface area contributed by atoms with Crippen LogP contribution in [0, 0.1) is 13.8 Å². The molecule has 110 valence electrons. The van der Waals surface area contributed by atoms with Crippen LogP contribution in [0.2, 0.25) is 0 Å². The van der Waals surface area contributed by atoms with Crippen molar-refractivity contribution in [3.63, 3.8) is 0 Å². The highest BCUT2D eigenvalue weighted by atomic mass is 31.2. The van der Waals surface area contributed by atoms with Gasteiger partial charge >= 0.3 is 0 Å². The summed E-state index contributed by atoms with van der Waals surface area (Å²) in [5.74, 6) is 0. The van der Waals surface area contributed by atoms with Crippen LogP contribution in [0.1, 0.15) is 11.4 Å². The molecule has 0 aliphatic heterocycles. The maximum atomic E-state index is 13.9. The molecule has 0 radical (unpaired) electrons. The SMILES string of the molecule is Cc1ccc(P(=O)(c2cccnc2)c2ccc(C)nc2)cn1. The van der Waals surface area contributed by atoms with Crippen molar-refractivity contribution in [2.75, 3.05) is 0 Å². The molecule has 0 saturated heterocycles. The third-order valence-electron chi connectivity index (χ3n) is 3.53. The van der Waals surface area contributed by atoms with Crippen molar-refractivity contribution in [3.8, 4) is 0 Å². The van der Waals surface area contributed by atoms with E-state index < -0.39 is 7.14 Å². The standard InChI is InChI=1S/C17H16N3OP/c1-13-5-7-16(11-19-13)22(21,15-4-3-9-18-10-15)17-8-6-14(2)20-12-17/h3-12H,1-2H3. The van der Waals surface area contributed by atoms with Crippen molar-refractivity contribution in [1.29, 1.82) is 0 Å². The molecule has 0 amide bonds. The van der Waals surface area contributed by atoms with E-state index in [1.807, 2.05) is 44.2 Å². The van der Waals surface area contributed by atoms with Gasteiger partial charge in [-0.05, 0) is 50.2 Å². The second-order valence-corrected chi connectivity index (χ2v) is 7.90. The first-order valence-corrected chi connectivity index (χ1v) is 8.68. The fraction of sp³-hybridized carbons (Fsp3) is 0.118. The summed E-state index contributed by atoms with van der Waals surface area (Å²) in [6.07, 6.45) is 6.70. The first-order chi connectivity index (χ1) is 10.6. The molecule has 22 heavy (non-hydrogen) atoms. The highest BCUT2D eigenvalue weighted by molar-refractivity contribution is 7.85. The van der Waals surface area contributed by atoms with Gasteiger partial charge in [0.2, 0.25) is 0 Å². The van der Waals surface area contributed by atoms with E-state index in [2.05, 4.69) is 15.0 Å². The summed E-state index contributed by atoms with van der Waals surface area (Å²) in [6.45, 7) is 3.82. The Morgan fingerprint density at radius 3 is 1.73 bits per heavy atom. The Hall–Kier alpha value is -2.32. The van der Waals surface area contributed by atoms with Crippen molar-refractivity contribution < 1.29 is 4.57 Å². The van der Waals surface area contributed by atoms with Crippen molar-refractivity contribution in [3.05, 3.63) is 72.6 Å². The largest absolute Gasteiger partial charge is 0.308 e. The quantitative estimate of drug-likeness (QED) is 0.696. The summed E-state index contributed by atoms with van der Waals surface area (Å²) < 4.78 is 13.9. The van der Waals surface area contributed by atoms with Crippen molar-refractivity contribution in [2.24, 2.45) is 0 Å². The molecule has 3 rings (SSSR count). The first-order valence-electron chi connectivity index (χ1n) is 6.98. The summed E-state index contributed by atoms with van der Waals surface area (Å²) in [6, 6.07) is 11.1. The number of nitrogens with zero attached hydrogens (tertiary/aromatic N) is 3. The van der Waals surface area contributed by atoms with Gasteiger partial charge in [0.05, 0.1) is 0 Å². The predicted molar refractivity (Wildman–Crippen MR) is 88.7 cm³/mol. The second-order valence-electron chi connectivity index (χ2n) is 5.14. The van der Waals surface area contributed by atoms with E-state index in [1.54, 1.807) is 30.9 Å². The van der Waals surface area contributed by atoms with Gasteiger partial charge in [-0.2, -0.15) is 0 Å². The molecule has 3 aromatic rings. The smallest absolute Gasteiger partial charge is 0.175 e. The van der Waals surface area contributed by atoms with Crippen LogP contribution in [0.5, 0.6) is 0 Å². The van der Waals surface area contributed by atoms with Crippen molar-refractivity contribution >= 4 is 23.1 Å². The van der Waals surface area contributed by atoms with Crippen LogP contribution >= 0.6 is 7.14 Å². The summed E-state index contributed by atoms with van der Waals surface area (Å²) in [4.78, 5) is 12.7. The van der Waals surface area contributed by atoms with E-state index in [0.29, 0.717) is 15.9 Å². The Kier molecular flexibility index (Phi) is 3.86. The van der Waals surface area contributed by atoms with Gasteiger partial charge in [-0.15, -0.1) is 0 Å². The summed E-state index contributed by atoms with van der Waals surface area (Å²) in [7, 11) is -3.00. The third kappa shape index (κ3) is 2.58. The molecule has 0 aliphatic rings. The van der Waals surface area contributed by atoms with Crippen LogP contribution in [-0.2, 0) is 4.57 Å². The van der Waals surface area contributed by atoms with Crippen LogP contribution in [0.4, 0.5) is 0 Å². The van der Waals surface area contributed by atoms with E-state index >= 15 is 0 Å². The Bertz CT molecular complexity index is 765. The third-order valence-corrected chi connectivity index (χ3v) is 6.50. The fourth-order valence-corrected chi connectivity index (χ4v) is 4.71. The molecule has 0 atom stereocenters. The number of hydrogen-bond acceptors (Lipinski definition) is 4. The lowest BCUT2D eigenvalue weighted by Gasteiger charge is -2.19. The van der Waals surface area contributed by atoms with E-state index in [9.17, 15) is 4.57 Å². The van der Waals surface area contributed by atoms with E-state index in [-0.39, 0.29) is 0 Å². The zero-order valence-corrected chi connectivity index (χ0v) is 13.4. The monoisotopic (exact) mass is 309 g/mol. The molecule has 0 saturated carbocycles. The zero-order chi connectivity index (χ0) is 15.6. The lowest BCUT2D eigenvalue weighted by atomic mass is 10.4. The zero-order valence-electron chi connectivity index (χ0n) is 12.5. The van der Waals surface area contributed by atoms with E-state index in [4.69, 9.17) is 0 Å². The molecular formula is C17H16N3OP. The lowest BCUT2D eigenvalue weighted by Crippen LogP contribution is -2.26. The van der Waals surface area contributed by atoms with Crippen LogP contribution < -0.4 is 15.9 Å². The number of aromatic nitrogens is 3.